The highest BCUT2D eigenvalue weighted by Gasteiger charge is 2.43. The van der Waals surface area contributed by atoms with Gasteiger partial charge in [0.2, 0.25) is 0 Å². The molecule has 0 bridgehead atoms. The number of benzene rings is 1. The topological polar surface area (TPSA) is 55.5 Å². The van der Waals surface area contributed by atoms with Crippen molar-refractivity contribution in [3.8, 4) is 5.75 Å². The molecule has 1 saturated carbocycles. The summed E-state index contributed by atoms with van der Waals surface area (Å²) in [5.41, 5.74) is 6.76. The monoisotopic (exact) mass is 263 g/mol. The largest absolute Gasteiger partial charge is 0.497 e. The third-order valence-electron chi connectivity index (χ3n) is 4.72. The van der Waals surface area contributed by atoms with E-state index in [1.54, 1.807) is 7.11 Å². The van der Waals surface area contributed by atoms with E-state index in [1.165, 1.54) is 12.8 Å². The second-order valence-electron chi connectivity index (χ2n) is 5.76. The van der Waals surface area contributed by atoms with Gasteiger partial charge >= 0.3 is 0 Å². The van der Waals surface area contributed by atoms with Crippen LogP contribution in [-0.4, -0.2) is 18.8 Å². The van der Waals surface area contributed by atoms with Crippen molar-refractivity contribution >= 4 is 0 Å². The van der Waals surface area contributed by atoms with Crippen molar-refractivity contribution in [1.29, 1.82) is 0 Å². The van der Waals surface area contributed by atoms with Crippen molar-refractivity contribution in [2.75, 3.05) is 13.7 Å². The van der Waals surface area contributed by atoms with Gasteiger partial charge in [-0.05, 0) is 42.9 Å². The number of methoxy groups -OCH3 is 1. The first-order valence-corrected chi connectivity index (χ1v) is 7.17. The molecular weight excluding hydrogens is 238 g/mol. The zero-order valence-electron chi connectivity index (χ0n) is 11.9. The first-order chi connectivity index (χ1) is 9.15. The molecule has 0 radical (unpaired) electrons. The van der Waals surface area contributed by atoms with Crippen molar-refractivity contribution in [3.05, 3.63) is 29.8 Å². The Morgan fingerprint density at radius 3 is 2.89 bits per heavy atom. The third kappa shape index (κ3) is 2.77. The highest BCUT2D eigenvalue weighted by molar-refractivity contribution is 5.31. The van der Waals surface area contributed by atoms with Crippen LogP contribution in [0.1, 0.15) is 44.3 Å². The van der Waals surface area contributed by atoms with E-state index >= 15 is 0 Å². The van der Waals surface area contributed by atoms with Crippen LogP contribution < -0.4 is 10.5 Å². The van der Waals surface area contributed by atoms with Crippen molar-refractivity contribution in [2.24, 2.45) is 17.1 Å². The minimum atomic E-state index is -0.496. The standard InChI is InChI=1S/C16H25NO2/c1-3-12-7-8-16(10-12,11-17)15(18)13-5-4-6-14(9-13)19-2/h4-6,9,12,15,18H,3,7-8,10-11,17H2,1-2H3. The van der Waals surface area contributed by atoms with Gasteiger partial charge in [0.05, 0.1) is 13.2 Å². The van der Waals surface area contributed by atoms with Crippen molar-refractivity contribution < 1.29 is 9.84 Å². The lowest BCUT2D eigenvalue weighted by molar-refractivity contribution is 0.0300. The molecule has 1 aromatic carbocycles. The van der Waals surface area contributed by atoms with Gasteiger partial charge in [-0.25, -0.2) is 0 Å². The maximum Gasteiger partial charge on any atom is 0.119 e. The van der Waals surface area contributed by atoms with Crippen LogP contribution in [0.5, 0.6) is 5.75 Å². The molecular formula is C16H25NO2. The number of hydrogen-bond donors (Lipinski definition) is 2. The van der Waals surface area contributed by atoms with Crippen molar-refractivity contribution in [2.45, 2.75) is 38.7 Å². The molecule has 3 atom stereocenters. The van der Waals surface area contributed by atoms with E-state index in [1.807, 2.05) is 24.3 Å². The maximum atomic E-state index is 10.8. The van der Waals surface area contributed by atoms with Crippen LogP contribution >= 0.6 is 0 Å². The molecule has 19 heavy (non-hydrogen) atoms. The van der Waals surface area contributed by atoms with Gasteiger partial charge in [0.15, 0.2) is 0 Å². The molecule has 1 aliphatic carbocycles. The Labute approximate surface area is 115 Å². The molecule has 2 rings (SSSR count). The van der Waals surface area contributed by atoms with Gasteiger partial charge in [-0.1, -0.05) is 25.5 Å². The van der Waals surface area contributed by atoms with Gasteiger partial charge in [-0.2, -0.15) is 0 Å². The van der Waals surface area contributed by atoms with Gasteiger partial charge in [0.25, 0.3) is 0 Å². The molecule has 0 aliphatic heterocycles. The zero-order valence-corrected chi connectivity index (χ0v) is 11.9. The van der Waals surface area contributed by atoms with E-state index in [-0.39, 0.29) is 5.41 Å². The first-order valence-electron chi connectivity index (χ1n) is 7.17. The van der Waals surface area contributed by atoms with Crippen LogP contribution in [0, 0.1) is 11.3 Å². The molecule has 1 aromatic rings. The number of rotatable bonds is 5. The predicted octanol–water partition coefficient (Wildman–Crippen LogP) is 2.88. The number of nitrogens with two attached hydrogens (primary N) is 1. The van der Waals surface area contributed by atoms with Crippen LogP contribution in [0.4, 0.5) is 0 Å². The lowest BCUT2D eigenvalue weighted by atomic mass is 9.76. The van der Waals surface area contributed by atoms with Gasteiger partial charge in [-0.3, -0.25) is 0 Å². The molecule has 1 aliphatic rings. The van der Waals surface area contributed by atoms with E-state index in [2.05, 4.69) is 6.92 Å². The lowest BCUT2D eigenvalue weighted by Crippen LogP contribution is -2.34. The molecule has 0 amide bonds. The molecule has 3 unspecified atom stereocenters. The molecule has 0 spiro atoms. The Balaban J connectivity index is 2.23. The number of hydrogen-bond acceptors (Lipinski definition) is 3. The Kier molecular flexibility index (Phi) is 4.48. The van der Waals surface area contributed by atoms with Gasteiger partial charge in [0, 0.05) is 12.0 Å². The SMILES string of the molecule is CCC1CCC(CN)(C(O)c2cccc(OC)c2)C1. The molecule has 3 N–H and O–H groups in total. The summed E-state index contributed by atoms with van der Waals surface area (Å²) in [6.45, 7) is 2.76. The summed E-state index contributed by atoms with van der Waals surface area (Å²) in [6.07, 6.45) is 3.89. The van der Waals surface area contributed by atoms with Gasteiger partial charge in [0.1, 0.15) is 5.75 Å². The van der Waals surface area contributed by atoms with Gasteiger partial charge in [-0.15, -0.1) is 0 Å². The second-order valence-corrected chi connectivity index (χ2v) is 5.76. The summed E-state index contributed by atoms with van der Waals surface area (Å²) in [4.78, 5) is 0. The van der Waals surface area contributed by atoms with Crippen LogP contribution in [0.2, 0.25) is 0 Å². The molecule has 3 nitrogen and oxygen atoms in total. The smallest absolute Gasteiger partial charge is 0.119 e. The summed E-state index contributed by atoms with van der Waals surface area (Å²) in [7, 11) is 1.65. The van der Waals surface area contributed by atoms with E-state index in [9.17, 15) is 5.11 Å². The fraction of sp³-hybridized carbons (Fsp3) is 0.625. The maximum absolute atomic E-state index is 10.8. The number of aliphatic hydroxyl groups excluding tert-OH is 1. The molecule has 0 heterocycles. The Hall–Kier alpha value is -1.06. The Morgan fingerprint density at radius 2 is 2.32 bits per heavy atom. The second kappa shape index (κ2) is 5.93. The number of ether oxygens (including phenoxy) is 1. The summed E-state index contributed by atoms with van der Waals surface area (Å²) in [5.74, 6) is 1.48. The molecule has 0 aromatic heterocycles. The average molecular weight is 263 g/mol. The van der Waals surface area contributed by atoms with Gasteiger partial charge < -0.3 is 15.6 Å². The van der Waals surface area contributed by atoms with Crippen LogP contribution in [0.15, 0.2) is 24.3 Å². The zero-order chi connectivity index (χ0) is 13.9. The fourth-order valence-electron chi connectivity index (χ4n) is 3.33. The molecule has 0 saturated heterocycles. The van der Waals surface area contributed by atoms with Crippen LogP contribution in [-0.2, 0) is 0 Å². The fourth-order valence-corrected chi connectivity index (χ4v) is 3.33. The van der Waals surface area contributed by atoms with E-state index in [0.717, 1.165) is 24.2 Å². The minimum absolute atomic E-state index is 0.160. The Bertz CT molecular complexity index is 421. The van der Waals surface area contributed by atoms with E-state index in [4.69, 9.17) is 10.5 Å². The first kappa shape index (κ1) is 14.4. The van der Waals surface area contributed by atoms with E-state index < -0.39 is 6.10 Å². The van der Waals surface area contributed by atoms with Crippen LogP contribution in [0.25, 0.3) is 0 Å². The molecule has 3 heteroatoms. The highest BCUT2D eigenvalue weighted by Crippen LogP contribution is 2.50. The van der Waals surface area contributed by atoms with Crippen molar-refractivity contribution in [1.82, 2.24) is 0 Å². The summed E-state index contributed by atoms with van der Waals surface area (Å²) in [6, 6.07) is 7.70. The molecule has 106 valence electrons. The molecule has 1 fully saturated rings. The summed E-state index contributed by atoms with van der Waals surface area (Å²) < 4.78 is 5.23. The summed E-state index contributed by atoms with van der Waals surface area (Å²) in [5, 5.41) is 10.8. The van der Waals surface area contributed by atoms with Crippen molar-refractivity contribution in [3.63, 3.8) is 0 Å². The highest BCUT2D eigenvalue weighted by atomic mass is 16.5. The quantitative estimate of drug-likeness (QED) is 0.859. The number of aliphatic hydroxyl groups is 1. The normalized spacial score (nSPS) is 28.3. The van der Waals surface area contributed by atoms with E-state index in [0.29, 0.717) is 12.5 Å². The average Bonchev–Trinajstić information content (AvgIpc) is 2.91. The third-order valence-corrected chi connectivity index (χ3v) is 4.72. The predicted molar refractivity (Wildman–Crippen MR) is 77.1 cm³/mol. The Morgan fingerprint density at radius 1 is 1.53 bits per heavy atom. The van der Waals surface area contributed by atoms with Crippen LogP contribution in [0.3, 0.4) is 0 Å². The lowest BCUT2D eigenvalue weighted by Gasteiger charge is -2.34. The summed E-state index contributed by atoms with van der Waals surface area (Å²) >= 11 is 0. The minimum Gasteiger partial charge on any atom is -0.497 e.